The maximum Gasteiger partial charge on any atom is 0.313 e. The molecular weight excluding hydrogens is 292 g/mol. The average Bonchev–Trinajstić information content (AvgIpc) is 2.85. The van der Waals surface area contributed by atoms with Gasteiger partial charge in [0.15, 0.2) is 5.16 Å². The number of aromatic nitrogens is 3. The Morgan fingerprint density at radius 1 is 1.43 bits per heavy atom. The number of anilines is 1. The molecule has 0 radical (unpaired) electrons. The van der Waals surface area contributed by atoms with Crippen LogP contribution in [-0.2, 0) is 9.53 Å². The quantitative estimate of drug-likeness (QED) is 0.521. The number of thioether (sulfide) groups is 1. The Kier molecular flexibility index (Phi) is 7.52. The molecule has 0 saturated heterocycles. The lowest BCUT2D eigenvalue weighted by Gasteiger charge is -2.24. The van der Waals surface area contributed by atoms with E-state index >= 15 is 0 Å². The number of nitrogens with zero attached hydrogens (tertiary/aromatic N) is 4. The van der Waals surface area contributed by atoms with Crippen LogP contribution in [0, 0.1) is 0 Å². The molecule has 0 unspecified atom stereocenters. The van der Waals surface area contributed by atoms with Crippen LogP contribution in [0.1, 0.15) is 33.7 Å². The van der Waals surface area contributed by atoms with Gasteiger partial charge in [-0.2, -0.15) is 0 Å². The highest BCUT2D eigenvalue weighted by molar-refractivity contribution is 7.99. The fourth-order valence-corrected chi connectivity index (χ4v) is 2.66. The highest BCUT2D eigenvalue weighted by atomic mass is 32.2. The summed E-state index contributed by atoms with van der Waals surface area (Å²) in [6.45, 7) is 10.9. The number of carbonyl (C=O) groups is 1. The second-order valence-electron chi connectivity index (χ2n) is 4.71. The zero-order valence-corrected chi connectivity index (χ0v) is 13.9. The number of hydrogen-bond donors (Lipinski definition) is 1. The van der Waals surface area contributed by atoms with E-state index in [1.165, 1.54) is 11.8 Å². The smallest absolute Gasteiger partial charge is 0.313 e. The van der Waals surface area contributed by atoms with Crippen LogP contribution in [0.5, 0.6) is 0 Å². The first-order valence-corrected chi connectivity index (χ1v) is 8.11. The lowest BCUT2D eigenvalue weighted by Crippen LogP contribution is -2.30. The lowest BCUT2D eigenvalue weighted by molar-refractivity contribution is -0.133. The molecule has 8 heteroatoms. The third kappa shape index (κ3) is 5.20. The molecule has 0 spiro atoms. The van der Waals surface area contributed by atoms with Gasteiger partial charge in [-0.25, -0.2) is 0 Å². The average molecular weight is 316 g/mol. The van der Waals surface area contributed by atoms with Crippen molar-refractivity contribution >= 4 is 23.7 Å². The predicted octanol–water partition coefficient (Wildman–Crippen LogP) is 1.90. The largest absolute Gasteiger partial charge is 0.481 e. The van der Waals surface area contributed by atoms with Crippen LogP contribution < -0.4 is 4.90 Å². The second-order valence-corrected chi connectivity index (χ2v) is 5.65. The van der Waals surface area contributed by atoms with Crippen molar-refractivity contribution in [3.05, 3.63) is 0 Å². The van der Waals surface area contributed by atoms with E-state index in [0.717, 1.165) is 19.0 Å². The molecule has 7 nitrogen and oxygen atoms in total. The minimum Gasteiger partial charge on any atom is -0.481 e. The van der Waals surface area contributed by atoms with Gasteiger partial charge in [0.05, 0.1) is 12.4 Å². The molecule has 0 aliphatic carbocycles. The Balaban J connectivity index is 2.91. The molecule has 0 aliphatic rings. The topological polar surface area (TPSA) is 80.5 Å². The van der Waals surface area contributed by atoms with Gasteiger partial charge in [-0.05, 0) is 27.7 Å². The molecule has 120 valence electrons. The number of likely N-dealkylation sites (N-methyl/N-ethyl adjacent to an activating group) is 1. The number of rotatable bonds is 10. The zero-order chi connectivity index (χ0) is 15.8. The lowest BCUT2D eigenvalue weighted by atomic mass is 10.4. The van der Waals surface area contributed by atoms with E-state index in [9.17, 15) is 4.79 Å². The number of carboxylic acid groups (broad SMARTS) is 1. The molecule has 1 aromatic heterocycles. The van der Waals surface area contributed by atoms with E-state index in [1.807, 2.05) is 25.3 Å². The molecule has 0 saturated carbocycles. The van der Waals surface area contributed by atoms with E-state index in [2.05, 4.69) is 22.0 Å². The second kappa shape index (κ2) is 8.89. The molecule has 1 heterocycles. The summed E-state index contributed by atoms with van der Waals surface area (Å²) < 4.78 is 7.37. The molecule has 0 fully saturated rings. The summed E-state index contributed by atoms with van der Waals surface area (Å²) in [6, 6.07) is 0.160. The Hall–Kier alpha value is -1.28. The molecule has 0 amide bonds. The summed E-state index contributed by atoms with van der Waals surface area (Å²) in [4.78, 5) is 12.8. The summed E-state index contributed by atoms with van der Waals surface area (Å²) in [7, 11) is 0. The number of aliphatic carboxylic acids is 1. The monoisotopic (exact) mass is 316 g/mol. The molecule has 0 aliphatic heterocycles. The first kappa shape index (κ1) is 17.8. The van der Waals surface area contributed by atoms with Crippen molar-refractivity contribution in [2.45, 2.75) is 38.9 Å². The minimum absolute atomic E-state index is 0.0179. The van der Waals surface area contributed by atoms with E-state index in [-0.39, 0.29) is 11.8 Å². The van der Waals surface area contributed by atoms with E-state index < -0.39 is 5.97 Å². The summed E-state index contributed by atoms with van der Waals surface area (Å²) in [6.07, 6.45) is 0. The summed E-state index contributed by atoms with van der Waals surface area (Å²) in [5.41, 5.74) is 0. The van der Waals surface area contributed by atoms with Crippen molar-refractivity contribution in [2.75, 3.05) is 37.0 Å². The molecule has 1 rings (SSSR count). The summed E-state index contributed by atoms with van der Waals surface area (Å²) in [5.74, 6) is -0.112. The van der Waals surface area contributed by atoms with Crippen molar-refractivity contribution in [1.29, 1.82) is 0 Å². The van der Waals surface area contributed by atoms with Crippen LogP contribution in [0.4, 0.5) is 5.95 Å². The van der Waals surface area contributed by atoms with Gasteiger partial charge in [-0.15, -0.1) is 10.2 Å². The van der Waals surface area contributed by atoms with E-state index in [1.54, 1.807) is 0 Å². The van der Waals surface area contributed by atoms with E-state index in [0.29, 0.717) is 18.4 Å². The number of carboxylic acids is 1. The van der Waals surface area contributed by atoms with Crippen molar-refractivity contribution < 1.29 is 14.6 Å². The fraction of sp³-hybridized carbons (Fsp3) is 0.769. The number of hydrogen-bond acceptors (Lipinski definition) is 6. The SMILES string of the molecule is CCOCCN(CC)c1nnc(SCC(=O)O)n1C(C)C. The van der Waals surface area contributed by atoms with Gasteiger partial charge in [-0.3, -0.25) is 9.36 Å². The van der Waals surface area contributed by atoms with Gasteiger partial charge in [0, 0.05) is 25.7 Å². The van der Waals surface area contributed by atoms with Crippen LogP contribution in [0.25, 0.3) is 0 Å². The van der Waals surface area contributed by atoms with Crippen LogP contribution in [0.2, 0.25) is 0 Å². The summed E-state index contributed by atoms with van der Waals surface area (Å²) >= 11 is 1.19. The van der Waals surface area contributed by atoms with Gasteiger partial charge in [-0.1, -0.05) is 11.8 Å². The van der Waals surface area contributed by atoms with Crippen LogP contribution in [0.3, 0.4) is 0 Å². The van der Waals surface area contributed by atoms with Crippen LogP contribution in [0.15, 0.2) is 5.16 Å². The Morgan fingerprint density at radius 2 is 2.14 bits per heavy atom. The summed E-state index contributed by atoms with van der Waals surface area (Å²) in [5, 5.41) is 17.8. The normalized spacial score (nSPS) is 11.1. The molecule has 0 aromatic carbocycles. The standard InChI is InChI=1S/C13H24N4O3S/c1-5-16(7-8-20-6-2)12-14-15-13(17(12)10(3)4)21-9-11(18)19/h10H,5-9H2,1-4H3,(H,18,19). The third-order valence-electron chi connectivity index (χ3n) is 2.86. The van der Waals surface area contributed by atoms with Gasteiger partial charge in [0.1, 0.15) is 0 Å². The Bertz CT molecular complexity index is 451. The van der Waals surface area contributed by atoms with Crippen molar-refractivity contribution in [3.8, 4) is 0 Å². The molecule has 0 bridgehead atoms. The zero-order valence-electron chi connectivity index (χ0n) is 13.1. The highest BCUT2D eigenvalue weighted by Gasteiger charge is 2.20. The molecular formula is C13H24N4O3S. The maximum atomic E-state index is 10.7. The van der Waals surface area contributed by atoms with Gasteiger partial charge in [0.2, 0.25) is 5.95 Å². The first-order chi connectivity index (χ1) is 10.0. The molecule has 21 heavy (non-hydrogen) atoms. The molecule has 1 aromatic rings. The highest BCUT2D eigenvalue weighted by Crippen LogP contribution is 2.26. The minimum atomic E-state index is -0.858. The van der Waals surface area contributed by atoms with Gasteiger partial charge >= 0.3 is 5.97 Å². The van der Waals surface area contributed by atoms with Gasteiger partial charge < -0.3 is 14.7 Å². The Labute approximate surface area is 129 Å². The Morgan fingerprint density at radius 3 is 2.67 bits per heavy atom. The molecule has 0 atom stereocenters. The van der Waals surface area contributed by atoms with Crippen LogP contribution in [-0.4, -0.2) is 57.9 Å². The van der Waals surface area contributed by atoms with Crippen molar-refractivity contribution in [1.82, 2.24) is 14.8 Å². The maximum absolute atomic E-state index is 10.7. The third-order valence-corrected chi connectivity index (χ3v) is 3.79. The van der Waals surface area contributed by atoms with Crippen LogP contribution >= 0.6 is 11.8 Å². The fourth-order valence-electron chi connectivity index (χ4n) is 1.88. The van der Waals surface area contributed by atoms with E-state index in [4.69, 9.17) is 9.84 Å². The van der Waals surface area contributed by atoms with Crippen molar-refractivity contribution in [2.24, 2.45) is 0 Å². The van der Waals surface area contributed by atoms with Crippen molar-refractivity contribution in [3.63, 3.8) is 0 Å². The van der Waals surface area contributed by atoms with Gasteiger partial charge in [0.25, 0.3) is 0 Å². The predicted molar refractivity (Wildman–Crippen MR) is 83.1 cm³/mol. The molecule has 1 N–H and O–H groups in total. The first-order valence-electron chi connectivity index (χ1n) is 7.13. The number of ether oxygens (including phenoxy) is 1.